The largest absolute Gasteiger partial charge is 0.321 e. The first-order valence-corrected chi connectivity index (χ1v) is 5.15. The maximum Gasteiger partial charge on any atom is 0.277 e. The Bertz CT molecular complexity index is 466. The number of carbonyl (C=O) groups is 1. The molecule has 6 heteroatoms. The van der Waals surface area contributed by atoms with E-state index in [0.29, 0.717) is 11.6 Å². The number of nitrogens with one attached hydrogen (secondary N) is 2. The van der Waals surface area contributed by atoms with Crippen LogP contribution in [0.2, 0.25) is 0 Å². The number of alkyl halides is 1. The van der Waals surface area contributed by atoms with Crippen molar-refractivity contribution in [3.63, 3.8) is 0 Å². The summed E-state index contributed by atoms with van der Waals surface area (Å²) in [5.41, 5.74) is 1.95. The van der Waals surface area contributed by atoms with Gasteiger partial charge >= 0.3 is 0 Å². The number of rotatable bonds is 3. The zero-order chi connectivity index (χ0) is 11.4. The van der Waals surface area contributed by atoms with Gasteiger partial charge in [-0.25, -0.2) is 0 Å². The van der Waals surface area contributed by atoms with E-state index in [2.05, 4.69) is 20.7 Å². The van der Waals surface area contributed by atoms with Crippen LogP contribution in [0.5, 0.6) is 0 Å². The Labute approximate surface area is 96.8 Å². The molecule has 2 aromatic rings. The predicted octanol–water partition coefficient (Wildman–Crippen LogP) is 1.80. The molecular weight excluding hydrogens is 228 g/mol. The van der Waals surface area contributed by atoms with Crippen LogP contribution in [-0.2, 0) is 5.88 Å². The molecule has 2 N–H and O–H groups in total. The molecule has 0 bridgehead atoms. The molecule has 5 nitrogen and oxygen atoms in total. The Hall–Kier alpha value is -1.88. The lowest BCUT2D eigenvalue weighted by molar-refractivity contribution is 0.102. The molecule has 1 aromatic heterocycles. The molecule has 0 aliphatic carbocycles. The molecule has 16 heavy (non-hydrogen) atoms. The molecule has 0 aliphatic heterocycles. The first kappa shape index (κ1) is 10.6. The van der Waals surface area contributed by atoms with Crippen LogP contribution in [0.4, 0.5) is 5.69 Å². The number of H-pyrrole nitrogens is 1. The maximum absolute atomic E-state index is 11.6. The fourth-order valence-electron chi connectivity index (χ4n) is 1.18. The number of benzene rings is 1. The van der Waals surface area contributed by atoms with E-state index in [1.54, 1.807) is 12.1 Å². The zero-order valence-electron chi connectivity index (χ0n) is 8.27. The lowest BCUT2D eigenvalue weighted by Crippen LogP contribution is -2.12. The minimum atomic E-state index is -0.299. The van der Waals surface area contributed by atoms with Crippen molar-refractivity contribution >= 4 is 23.2 Å². The molecule has 1 heterocycles. The average molecular weight is 237 g/mol. The summed E-state index contributed by atoms with van der Waals surface area (Å²) in [7, 11) is 0. The van der Waals surface area contributed by atoms with Gasteiger partial charge in [-0.2, -0.15) is 15.4 Å². The van der Waals surface area contributed by atoms with Crippen LogP contribution in [0.3, 0.4) is 0 Å². The van der Waals surface area contributed by atoms with Crippen LogP contribution in [0.25, 0.3) is 0 Å². The van der Waals surface area contributed by atoms with Crippen LogP contribution in [-0.4, -0.2) is 21.3 Å². The van der Waals surface area contributed by atoms with E-state index in [1.165, 1.54) is 6.20 Å². The van der Waals surface area contributed by atoms with Gasteiger partial charge in [0.25, 0.3) is 5.91 Å². The Morgan fingerprint density at radius 2 is 2.12 bits per heavy atom. The number of anilines is 1. The minimum absolute atomic E-state index is 0.251. The summed E-state index contributed by atoms with van der Waals surface area (Å²) in [5, 5.41) is 12.3. The zero-order valence-corrected chi connectivity index (χ0v) is 9.03. The summed E-state index contributed by atoms with van der Waals surface area (Å²) in [6.45, 7) is 0. The average Bonchev–Trinajstić information content (AvgIpc) is 2.83. The van der Waals surface area contributed by atoms with Crippen molar-refractivity contribution in [2.24, 2.45) is 0 Å². The molecule has 1 aromatic carbocycles. The minimum Gasteiger partial charge on any atom is -0.321 e. The summed E-state index contributed by atoms with van der Waals surface area (Å²) in [5.74, 6) is 0.157. The van der Waals surface area contributed by atoms with Gasteiger partial charge in [0.05, 0.1) is 6.20 Å². The van der Waals surface area contributed by atoms with Gasteiger partial charge in [0.2, 0.25) is 0 Å². The maximum atomic E-state index is 11.6. The second kappa shape index (κ2) is 4.76. The third-order valence-electron chi connectivity index (χ3n) is 2.01. The summed E-state index contributed by atoms with van der Waals surface area (Å²) >= 11 is 5.66. The van der Waals surface area contributed by atoms with Crippen LogP contribution in [0, 0.1) is 0 Å². The standard InChI is InChI=1S/C10H9ClN4O/c11-5-7-1-3-8(4-2-7)13-10(16)9-6-12-15-14-9/h1-4,6H,5H2,(H,13,16)(H,12,14,15). The van der Waals surface area contributed by atoms with E-state index in [0.717, 1.165) is 5.56 Å². The van der Waals surface area contributed by atoms with Crippen molar-refractivity contribution in [3.8, 4) is 0 Å². The van der Waals surface area contributed by atoms with Gasteiger partial charge in [-0.05, 0) is 17.7 Å². The molecule has 1 amide bonds. The van der Waals surface area contributed by atoms with Crippen molar-refractivity contribution in [2.45, 2.75) is 5.88 Å². The van der Waals surface area contributed by atoms with Crippen LogP contribution in [0.1, 0.15) is 16.1 Å². The molecule has 0 unspecified atom stereocenters. The second-order valence-corrected chi connectivity index (χ2v) is 3.41. The lowest BCUT2D eigenvalue weighted by atomic mass is 10.2. The van der Waals surface area contributed by atoms with Gasteiger partial charge in [-0.3, -0.25) is 4.79 Å². The Balaban J connectivity index is 2.06. The highest BCUT2D eigenvalue weighted by atomic mass is 35.5. The highest BCUT2D eigenvalue weighted by molar-refractivity contribution is 6.17. The second-order valence-electron chi connectivity index (χ2n) is 3.14. The summed E-state index contributed by atoms with van der Waals surface area (Å²) in [6, 6.07) is 7.28. The summed E-state index contributed by atoms with van der Waals surface area (Å²) in [4.78, 5) is 11.6. The molecule has 0 atom stereocenters. The van der Waals surface area contributed by atoms with Crippen molar-refractivity contribution in [1.82, 2.24) is 15.4 Å². The summed E-state index contributed by atoms with van der Waals surface area (Å²) < 4.78 is 0. The quantitative estimate of drug-likeness (QED) is 0.799. The molecule has 0 radical (unpaired) electrons. The third kappa shape index (κ3) is 2.38. The van der Waals surface area contributed by atoms with Gasteiger partial charge < -0.3 is 5.32 Å². The van der Waals surface area contributed by atoms with Crippen molar-refractivity contribution in [3.05, 3.63) is 41.7 Å². The Morgan fingerprint density at radius 3 is 2.69 bits per heavy atom. The molecule has 0 aliphatic rings. The smallest absolute Gasteiger partial charge is 0.277 e. The van der Waals surface area contributed by atoms with E-state index in [9.17, 15) is 4.79 Å². The highest BCUT2D eigenvalue weighted by Gasteiger charge is 2.08. The molecule has 0 saturated heterocycles. The van der Waals surface area contributed by atoms with Gasteiger partial charge in [0.15, 0.2) is 5.69 Å². The molecule has 2 rings (SSSR count). The van der Waals surface area contributed by atoms with Gasteiger partial charge in [0, 0.05) is 11.6 Å². The Morgan fingerprint density at radius 1 is 1.38 bits per heavy atom. The molecule has 0 saturated carbocycles. The number of halogens is 1. The van der Waals surface area contributed by atoms with E-state index in [-0.39, 0.29) is 11.6 Å². The van der Waals surface area contributed by atoms with Crippen molar-refractivity contribution in [2.75, 3.05) is 5.32 Å². The van der Waals surface area contributed by atoms with Gasteiger partial charge in [-0.15, -0.1) is 11.6 Å². The molecular formula is C10H9ClN4O. The van der Waals surface area contributed by atoms with Gasteiger partial charge in [0.1, 0.15) is 0 Å². The molecule has 82 valence electrons. The van der Waals surface area contributed by atoms with Gasteiger partial charge in [-0.1, -0.05) is 12.1 Å². The predicted molar refractivity (Wildman–Crippen MR) is 60.3 cm³/mol. The number of hydrogen-bond donors (Lipinski definition) is 2. The molecule has 0 spiro atoms. The van der Waals surface area contributed by atoms with E-state index in [1.807, 2.05) is 12.1 Å². The van der Waals surface area contributed by atoms with E-state index >= 15 is 0 Å². The monoisotopic (exact) mass is 236 g/mol. The van der Waals surface area contributed by atoms with Crippen molar-refractivity contribution in [1.29, 1.82) is 0 Å². The number of aromatic nitrogens is 3. The van der Waals surface area contributed by atoms with E-state index < -0.39 is 0 Å². The SMILES string of the molecule is O=C(Nc1ccc(CCl)cc1)c1cn[nH]n1. The molecule has 0 fully saturated rings. The number of hydrogen-bond acceptors (Lipinski definition) is 3. The van der Waals surface area contributed by atoms with Crippen LogP contribution >= 0.6 is 11.6 Å². The normalized spacial score (nSPS) is 10.1. The Kier molecular flexibility index (Phi) is 3.16. The van der Waals surface area contributed by atoms with E-state index in [4.69, 9.17) is 11.6 Å². The number of amides is 1. The lowest BCUT2D eigenvalue weighted by Gasteiger charge is -2.03. The number of nitrogens with zero attached hydrogens (tertiary/aromatic N) is 2. The third-order valence-corrected chi connectivity index (χ3v) is 2.32. The highest BCUT2D eigenvalue weighted by Crippen LogP contribution is 2.11. The van der Waals surface area contributed by atoms with Crippen LogP contribution < -0.4 is 5.32 Å². The van der Waals surface area contributed by atoms with Crippen molar-refractivity contribution < 1.29 is 4.79 Å². The number of carbonyl (C=O) groups excluding carboxylic acids is 1. The van der Waals surface area contributed by atoms with Crippen LogP contribution in [0.15, 0.2) is 30.5 Å². The topological polar surface area (TPSA) is 70.7 Å². The number of aromatic amines is 1. The first-order valence-electron chi connectivity index (χ1n) is 4.61. The fourth-order valence-corrected chi connectivity index (χ4v) is 1.36. The first-order chi connectivity index (χ1) is 7.79. The fraction of sp³-hybridized carbons (Fsp3) is 0.100. The summed E-state index contributed by atoms with van der Waals surface area (Å²) in [6.07, 6.45) is 1.36.